The topological polar surface area (TPSA) is 140 Å². The summed E-state index contributed by atoms with van der Waals surface area (Å²) in [6.07, 6.45) is 0. The third kappa shape index (κ3) is 11.7. The number of nitro groups is 1. The van der Waals surface area contributed by atoms with Crippen molar-refractivity contribution in [2.75, 3.05) is 13.2 Å². The van der Waals surface area contributed by atoms with E-state index in [1.807, 2.05) is 0 Å². The Kier molecular flexibility index (Phi) is 10.2. The van der Waals surface area contributed by atoms with Crippen LogP contribution in [0.5, 0.6) is 5.75 Å². The first-order valence-corrected chi connectivity index (χ1v) is 11.2. The number of hydrogen-bond donors (Lipinski definition) is 0. The molecule has 0 heterocycles. The average Bonchev–Trinajstić information content (AvgIpc) is 2.37. The van der Waals surface area contributed by atoms with Crippen molar-refractivity contribution in [1.82, 2.24) is 0 Å². The third-order valence-corrected chi connectivity index (χ3v) is 4.28. The zero-order valence-corrected chi connectivity index (χ0v) is 15.6. The van der Waals surface area contributed by atoms with E-state index in [9.17, 15) is 10.1 Å². The molecular weight excluding hydrogens is 388 g/mol. The predicted molar refractivity (Wildman–Crippen MR) is 85.5 cm³/mol. The molecule has 13 heteroatoms. The zero-order valence-electron chi connectivity index (χ0n) is 12.1. The van der Waals surface area contributed by atoms with Gasteiger partial charge in [0.1, 0.15) is 5.75 Å². The number of non-ortho nitro benzene ring substituents is 1. The first kappa shape index (κ1) is 22.5. The lowest BCUT2D eigenvalue weighted by Gasteiger charge is -2.43. The minimum absolute atomic E-state index is 0.0107. The summed E-state index contributed by atoms with van der Waals surface area (Å²) in [4.78, 5) is 36.8. The summed E-state index contributed by atoms with van der Waals surface area (Å²) < 4.78 is 16.1. The monoisotopic (exact) mass is 402 g/mol. The van der Waals surface area contributed by atoms with E-state index >= 15 is 0 Å². The van der Waals surface area contributed by atoms with E-state index in [1.165, 1.54) is 24.3 Å². The summed E-state index contributed by atoms with van der Waals surface area (Å²) in [6, 6.07) is 5.62. The summed E-state index contributed by atoms with van der Waals surface area (Å²) in [7, 11) is 0. The second-order valence-electron chi connectivity index (χ2n) is 3.57. The smallest absolute Gasteiger partial charge is 0.380 e. The van der Waals surface area contributed by atoms with E-state index in [0.29, 0.717) is 19.0 Å². The van der Waals surface area contributed by atoms with Gasteiger partial charge in [0, 0.05) is 23.9 Å². The van der Waals surface area contributed by atoms with Gasteiger partial charge in [-0.3, -0.25) is 19.2 Å². The molecule has 0 aliphatic heterocycles. The Bertz CT molecular complexity index is 573. The Balaban J connectivity index is 0.000000841. The first-order valence-electron chi connectivity index (χ1n) is 6.07. The van der Waals surface area contributed by atoms with Crippen molar-refractivity contribution in [2.45, 2.75) is 13.8 Å². The lowest BCUT2D eigenvalue weighted by molar-refractivity contribution is -0.411. The Morgan fingerprint density at radius 2 is 1.43 bits per heavy atom. The van der Waals surface area contributed by atoms with Crippen LogP contribution in [-0.2, 0) is 32.7 Å². The molecule has 0 aliphatic rings. The van der Waals surface area contributed by atoms with Crippen LogP contribution in [0.3, 0.4) is 0 Å². The lowest BCUT2D eigenvalue weighted by Crippen LogP contribution is -2.23. The number of benzene rings is 1. The highest BCUT2D eigenvalue weighted by Crippen LogP contribution is 2.49. The molecule has 0 N–H and O–H groups in total. The Morgan fingerprint density at radius 1 is 1.04 bits per heavy atom. The van der Waals surface area contributed by atoms with Gasteiger partial charge < -0.3 is 25.9 Å². The lowest BCUT2D eigenvalue weighted by atomic mass is 10.3. The summed E-state index contributed by atoms with van der Waals surface area (Å²) in [6.45, 7) is -3.03. The van der Waals surface area contributed by atoms with Crippen molar-refractivity contribution in [3.05, 3.63) is 34.4 Å². The van der Waals surface area contributed by atoms with Gasteiger partial charge in [-0.2, -0.15) is 11.8 Å². The van der Waals surface area contributed by atoms with Gasteiger partial charge in [-0.25, -0.2) is 0 Å². The molecule has 0 aliphatic carbocycles. The average molecular weight is 402 g/mol. The van der Waals surface area contributed by atoms with Gasteiger partial charge >= 0.3 is 6.72 Å². The zero-order chi connectivity index (χ0) is 18.1. The second-order valence-corrected chi connectivity index (χ2v) is 8.74. The molecule has 0 amide bonds. The second kappa shape index (κ2) is 10.4. The van der Waals surface area contributed by atoms with Crippen LogP contribution in [0.4, 0.5) is 5.69 Å². The van der Waals surface area contributed by atoms with Crippen LogP contribution in [0.15, 0.2) is 24.3 Å². The molecule has 1 aromatic rings. The normalized spacial score (nSPS) is 11.3. The molecule has 0 unspecified atom stereocenters. The van der Waals surface area contributed by atoms with Gasteiger partial charge in [-0.15, -0.1) is 0 Å². The molecule has 132 valence electrons. The van der Waals surface area contributed by atoms with Crippen LogP contribution in [0, 0.1) is 10.1 Å². The summed E-state index contributed by atoms with van der Waals surface area (Å²) in [5, 5.41) is 10.5. The molecule has 0 atom stereocenters. The molecule has 0 radical (unpaired) electrons. The molecule has 23 heavy (non-hydrogen) atoms. The van der Waals surface area contributed by atoms with Crippen LogP contribution in [0.1, 0.15) is 13.8 Å². The van der Waals surface area contributed by atoms with E-state index in [1.54, 1.807) is 13.8 Å². The molecule has 0 saturated heterocycles. The van der Waals surface area contributed by atoms with Crippen LogP contribution < -0.4 is 19.2 Å². The molecule has 0 saturated carbocycles. The highest BCUT2D eigenvalue weighted by molar-refractivity contribution is 8.07. The van der Waals surface area contributed by atoms with Crippen molar-refractivity contribution in [1.29, 1.82) is 0 Å². The Hall–Kier alpha value is -0.480. The molecule has 1 aromatic carbocycles. The SMILES string of the molecule is CCOP(=S)(OCC)Oc1ccc([N+](=O)[O-])cc1.[O-]P([O-])([O-])=S. The molecule has 9 nitrogen and oxygen atoms in total. The summed E-state index contributed by atoms with van der Waals surface area (Å²) in [5.41, 5.74) is -0.0107. The number of nitro benzene ring substituents is 1. The fourth-order valence-electron chi connectivity index (χ4n) is 1.16. The number of nitrogens with zero attached hydrogens (tertiary/aromatic N) is 1. The van der Waals surface area contributed by atoms with E-state index in [-0.39, 0.29) is 5.69 Å². The molecule has 0 spiro atoms. The molecule has 1 rings (SSSR count). The number of rotatable bonds is 7. The first-order chi connectivity index (χ1) is 10.5. The molecule has 0 bridgehead atoms. The predicted octanol–water partition coefficient (Wildman–Crippen LogP) is 0.563. The largest absolute Gasteiger partial charge is 0.844 e. The van der Waals surface area contributed by atoms with Crippen molar-refractivity contribution >= 4 is 42.7 Å². The summed E-state index contributed by atoms with van der Waals surface area (Å²) in [5.74, 6) is 0.394. The third-order valence-electron chi connectivity index (χ3n) is 1.84. The van der Waals surface area contributed by atoms with E-state index in [0.717, 1.165) is 0 Å². The van der Waals surface area contributed by atoms with E-state index in [4.69, 9.17) is 40.1 Å². The van der Waals surface area contributed by atoms with Gasteiger partial charge in [0.15, 0.2) is 0 Å². The fraction of sp³-hybridized carbons (Fsp3) is 0.400. The Labute approximate surface area is 143 Å². The fourth-order valence-corrected chi connectivity index (χ4v) is 3.25. The van der Waals surface area contributed by atoms with Gasteiger partial charge in [0.25, 0.3) is 5.69 Å². The van der Waals surface area contributed by atoms with Gasteiger partial charge in [-0.1, -0.05) is 0 Å². The standard InChI is InChI=1S/C10H14NO5PS.H3O3PS/c1-3-14-17(18,15-4-2)16-10-7-5-9(6-8-10)11(12)13;1-4(2,3)5/h5-8H,3-4H2,1-2H3;(H3,1,2,3,5)/p-3. The molecule has 0 fully saturated rings. The minimum Gasteiger partial charge on any atom is -0.844 e. The van der Waals surface area contributed by atoms with Gasteiger partial charge in [0.2, 0.25) is 0 Å². The maximum absolute atomic E-state index is 10.5. The Morgan fingerprint density at radius 3 is 1.74 bits per heavy atom. The maximum Gasteiger partial charge on any atom is 0.380 e. The quantitative estimate of drug-likeness (QED) is 0.361. The van der Waals surface area contributed by atoms with Crippen molar-refractivity contribution in [2.24, 2.45) is 0 Å². The van der Waals surface area contributed by atoms with E-state index in [2.05, 4.69) is 11.8 Å². The minimum atomic E-state index is -4.56. The highest BCUT2D eigenvalue weighted by Gasteiger charge is 2.21. The van der Waals surface area contributed by atoms with Crippen molar-refractivity contribution < 1.29 is 33.2 Å². The van der Waals surface area contributed by atoms with Crippen LogP contribution in [0.2, 0.25) is 0 Å². The van der Waals surface area contributed by atoms with Gasteiger partial charge in [0.05, 0.1) is 18.1 Å². The van der Waals surface area contributed by atoms with Crippen molar-refractivity contribution in [3.63, 3.8) is 0 Å². The summed E-state index contributed by atoms with van der Waals surface area (Å²) >= 11 is 8.45. The van der Waals surface area contributed by atoms with Gasteiger partial charge in [-0.05, 0) is 26.0 Å². The van der Waals surface area contributed by atoms with Crippen LogP contribution >= 0.6 is 13.4 Å². The van der Waals surface area contributed by atoms with Crippen LogP contribution in [-0.4, -0.2) is 18.1 Å². The number of hydrogen-bond acceptors (Lipinski definition) is 10. The van der Waals surface area contributed by atoms with Crippen molar-refractivity contribution in [3.8, 4) is 5.75 Å². The van der Waals surface area contributed by atoms with E-state index < -0.39 is 18.4 Å². The molecular formula is C10H14NO8P2S2-3. The van der Waals surface area contributed by atoms with Crippen LogP contribution in [0.25, 0.3) is 0 Å². The maximum atomic E-state index is 10.5. The molecule has 0 aromatic heterocycles. The highest BCUT2D eigenvalue weighted by atomic mass is 32.5.